The molecule has 1 aliphatic heterocycles. The summed E-state index contributed by atoms with van der Waals surface area (Å²) in [4.78, 5) is 22.4. The molecule has 1 aromatic rings. The second kappa shape index (κ2) is 8.53. The van der Waals surface area contributed by atoms with Crippen molar-refractivity contribution in [3.63, 3.8) is 0 Å². The van der Waals surface area contributed by atoms with Crippen molar-refractivity contribution in [2.45, 2.75) is 32.2 Å². The first kappa shape index (κ1) is 17.3. The normalized spacial score (nSPS) is 18.4. The first-order valence-corrected chi connectivity index (χ1v) is 7.86. The number of carbonyl (C=O) groups is 2. The van der Waals surface area contributed by atoms with Gasteiger partial charge in [0.15, 0.2) is 6.61 Å². The van der Waals surface area contributed by atoms with Crippen LogP contribution in [0.5, 0.6) is 5.75 Å². The van der Waals surface area contributed by atoms with Gasteiger partial charge in [0.05, 0.1) is 6.04 Å². The van der Waals surface area contributed by atoms with E-state index in [0.717, 1.165) is 31.6 Å². The molecular formula is C17H23NO5. The van der Waals surface area contributed by atoms with E-state index < -0.39 is 5.97 Å². The minimum atomic E-state index is -1.01. The molecule has 6 nitrogen and oxygen atoms in total. The van der Waals surface area contributed by atoms with Crippen LogP contribution in [0.3, 0.4) is 0 Å². The van der Waals surface area contributed by atoms with Crippen molar-refractivity contribution < 1.29 is 24.2 Å². The predicted octanol–water partition coefficient (Wildman–Crippen LogP) is 2.14. The van der Waals surface area contributed by atoms with E-state index in [1.165, 1.54) is 0 Å². The zero-order valence-corrected chi connectivity index (χ0v) is 13.3. The topological polar surface area (TPSA) is 84.9 Å². The molecule has 2 unspecified atom stereocenters. The van der Waals surface area contributed by atoms with Gasteiger partial charge in [0.25, 0.3) is 0 Å². The number of rotatable bonds is 8. The third-order valence-electron chi connectivity index (χ3n) is 3.92. The first-order valence-electron chi connectivity index (χ1n) is 7.86. The van der Waals surface area contributed by atoms with Gasteiger partial charge in [-0.05, 0) is 43.4 Å². The first-order chi connectivity index (χ1) is 11.0. The Bertz CT molecular complexity index is 522. The van der Waals surface area contributed by atoms with E-state index in [9.17, 15) is 9.59 Å². The zero-order chi connectivity index (χ0) is 16.7. The number of carbonyl (C=O) groups excluding carboxylic acids is 1. The highest BCUT2D eigenvalue weighted by molar-refractivity contribution is 5.76. The molecule has 126 valence electrons. The van der Waals surface area contributed by atoms with Crippen LogP contribution in [0.1, 0.15) is 37.8 Å². The summed E-state index contributed by atoms with van der Waals surface area (Å²) < 4.78 is 10.4. The quantitative estimate of drug-likeness (QED) is 0.766. The minimum Gasteiger partial charge on any atom is -0.482 e. The van der Waals surface area contributed by atoms with Crippen LogP contribution in [0, 0.1) is 5.92 Å². The lowest BCUT2D eigenvalue weighted by Crippen LogP contribution is -2.26. The summed E-state index contributed by atoms with van der Waals surface area (Å²) in [5, 5.41) is 11.5. The van der Waals surface area contributed by atoms with Gasteiger partial charge in [-0.3, -0.25) is 4.79 Å². The highest BCUT2D eigenvalue weighted by Crippen LogP contribution is 2.20. The number of ether oxygens (including phenoxy) is 2. The Morgan fingerprint density at radius 3 is 2.74 bits per heavy atom. The molecule has 0 aromatic heterocycles. The molecule has 1 aliphatic rings. The Kier molecular flexibility index (Phi) is 6.40. The number of carboxylic acids is 1. The molecule has 23 heavy (non-hydrogen) atoms. The van der Waals surface area contributed by atoms with Crippen molar-refractivity contribution >= 4 is 11.9 Å². The fourth-order valence-corrected chi connectivity index (χ4v) is 2.54. The summed E-state index contributed by atoms with van der Waals surface area (Å²) in [6.45, 7) is 3.12. The smallest absolute Gasteiger partial charge is 0.341 e. The molecule has 0 spiro atoms. The van der Waals surface area contributed by atoms with Gasteiger partial charge in [-0.25, -0.2) is 4.79 Å². The van der Waals surface area contributed by atoms with Gasteiger partial charge in [-0.1, -0.05) is 12.1 Å². The SMILES string of the molecule is CC(NC(=O)CCC1CCOC1)c1ccc(OCC(=O)O)cc1. The van der Waals surface area contributed by atoms with Crippen molar-refractivity contribution in [2.24, 2.45) is 5.92 Å². The van der Waals surface area contributed by atoms with Crippen LogP contribution >= 0.6 is 0 Å². The highest BCUT2D eigenvalue weighted by Gasteiger charge is 2.17. The lowest BCUT2D eigenvalue weighted by molar-refractivity contribution is -0.139. The van der Waals surface area contributed by atoms with Gasteiger partial charge in [0.1, 0.15) is 5.75 Å². The number of carboxylic acid groups (broad SMARTS) is 1. The van der Waals surface area contributed by atoms with Crippen LogP contribution in [0.4, 0.5) is 0 Å². The molecule has 1 amide bonds. The van der Waals surface area contributed by atoms with Crippen molar-refractivity contribution in [1.82, 2.24) is 5.32 Å². The molecule has 6 heteroatoms. The largest absolute Gasteiger partial charge is 0.482 e. The Labute approximate surface area is 135 Å². The van der Waals surface area contributed by atoms with E-state index in [1.54, 1.807) is 12.1 Å². The van der Waals surface area contributed by atoms with Crippen LogP contribution in [0.25, 0.3) is 0 Å². The van der Waals surface area contributed by atoms with Gasteiger partial charge in [-0.2, -0.15) is 0 Å². The fraction of sp³-hybridized carbons (Fsp3) is 0.529. The van der Waals surface area contributed by atoms with E-state index in [0.29, 0.717) is 18.1 Å². The van der Waals surface area contributed by atoms with E-state index in [1.807, 2.05) is 19.1 Å². The number of benzene rings is 1. The molecule has 1 aromatic carbocycles. The molecular weight excluding hydrogens is 298 g/mol. The van der Waals surface area contributed by atoms with Crippen molar-refractivity contribution in [3.8, 4) is 5.75 Å². The van der Waals surface area contributed by atoms with E-state index in [4.69, 9.17) is 14.6 Å². The average Bonchev–Trinajstić information content (AvgIpc) is 3.05. The molecule has 0 radical (unpaired) electrons. The van der Waals surface area contributed by atoms with Crippen molar-refractivity contribution in [3.05, 3.63) is 29.8 Å². The van der Waals surface area contributed by atoms with Crippen LogP contribution in [0.15, 0.2) is 24.3 Å². The zero-order valence-electron chi connectivity index (χ0n) is 13.3. The molecule has 2 N–H and O–H groups in total. The minimum absolute atomic E-state index is 0.0376. The lowest BCUT2D eigenvalue weighted by Gasteiger charge is -2.15. The Morgan fingerprint density at radius 1 is 1.39 bits per heavy atom. The highest BCUT2D eigenvalue weighted by atomic mass is 16.5. The maximum atomic E-state index is 12.0. The monoisotopic (exact) mass is 321 g/mol. The van der Waals surface area contributed by atoms with E-state index in [2.05, 4.69) is 5.32 Å². The molecule has 0 saturated carbocycles. The molecule has 2 rings (SSSR count). The number of nitrogens with one attached hydrogen (secondary N) is 1. The molecule has 1 heterocycles. The van der Waals surface area contributed by atoms with Crippen molar-refractivity contribution in [1.29, 1.82) is 0 Å². The Balaban J connectivity index is 1.76. The Morgan fingerprint density at radius 2 is 2.13 bits per heavy atom. The summed E-state index contributed by atoms with van der Waals surface area (Å²) in [6.07, 6.45) is 2.42. The molecule has 2 atom stereocenters. The molecule has 1 fully saturated rings. The number of hydrogen-bond donors (Lipinski definition) is 2. The number of aliphatic carboxylic acids is 1. The summed E-state index contributed by atoms with van der Waals surface area (Å²) in [5.41, 5.74) is 0.949. The maximum absolute atomic E-state index is 12.0. The van der Waals surface area contributed by atoms with Crippen molar-refractivity contribution in [2.75, 3.05) is 19.8 Å². The van der Waals surface area contributed by atoms with Gasteiger partial charge in [-0.15, -0.1) is 0 Å². The molecule has 0 aliphatic carbocycles. The van der Waals surface area contributed by atoms with Gasteiger partial charge >= 0.3 is 5.97 Å². The number of hydrogen-bond acceptors (Lipinski definition) is 4. The average molecular weight is 321 g/mol. The third kappa shape index (κ3) is 5.90. The maximum Gasteiger partial charge on any atom is 0.341 e. The second-order valence-corrected chi connectivity index (χ2v) is 5.81. The molecule has 1 saturated heterocycles. The van der Waals surface area contributed by atoms with Crippen LogP contribution in [-0.4, -0.2) is 36.8 Å². The predicted molar refractivity (Wildman–Crippen MR) is 84.3 cm³/mol. The van der Waals surface area contributed by atoms with E-state index >= 15 is 0 Å². The standard InChI is InChI=1S/C17H23NO5/c1-12(18-16(19)7-2-13-8-9-22-10-13)14-3-5-15(6-4-14)23-11-17(20)21/h3-6,12-13H,2,7-11H2,1H3,(H,18,19)(H,20,21). The van der Waals surface area contributed by atoms with Crippen LogP contribution < -0.4 is 10.1 Å². The number of amides is 1. The summed E-state index contributed by atoms with van der Waals surface area (Å²) in [6, 6.07) is 6.96. The summed E-state index contributed by atoms with van der Waals surface area (Å²) >= 11 is 0. The summed E-state index contributed by atoms with van der Waals surface area (Å²) in [7, 11) is 0. The Hall–Kier alpha value is -2.08. The van der Waals surface area contributed by atoms with Gasteiger partial charge < -0.3 is 19.9 Å². The van der Waals surface area contributed by atoms with Crippen LogP contribution in [0.2, 0.25) is 0 Å². The second-order valence-electron chi connectivity index (χ2n) is 5.81. The summed E-state index contributed by atoms with van der Waals surface area (Å²) in [5.74, 6) is 0.0237. The van der Waals surface area contributed by atoms with Gasteiger partial charge in [0, 0.05) is 19.6 Å². The third-order valence-corrected chi connectivity index (χ3v) is 3.92. The lowest BCUT2D eigenvalue weighted by atomic mass is 10.0. The molecule has 0 bridgehead atoms. The van der Waals surface area contributed by atoms with E-state index in [-0.39, 0.29) is 18.6 Å². The van der Waals surface area contributed by atoms with Gasteiger partial charge in [0.2, 0.25) is 5.91 Å². The van der Waals surface area contributed by atoms with Crippen LogP contribution in [-0.2, 0) is 14.3 Å². The fourth-order valence-electron chi connectivity index (χ4n) is 2.54.